The van der Waals surface area contributed by atoms with Crippen molar-refractivity contribution in [2.75, 3.05) is 23.4 Å². The maximum absolute atomic E-state index is 5.97. The first kappa shape index (κ1) is 13.2. The molecule has 1 saturated heterocycles. The summed E-state index contributed by atoms with van der Waals surface area (Å²) in [6.45, 7) is 2.81. The minimum absolute atomic E-state index is 0.0795. The van der Waals surface area contributed by atoms with Crippen molar-refractivity contribution in [2.24, 2.45) is 5.73 Å². The second kappa shape index (κ2) is 5.63. The Morgan fingerprint density at radius 1 is 1.47 bits per heavy atom. The number of halogens is 1. The van der Waals surface area contributed by atoms with Crippen molar-refractivity contribution in [2.45, 2.75) is 25.3 Å². The zero-order valence-electron chi connectivity index (χ0n) is 10.1. The summed E-state index contributed by atoms with van der Waals surface area (Å²) < 4.78 is 1.12. The van der Waals surface area contributed by atoms with Gasteiger partial charge in [-0.3, -0.25) is 0 Å². The van der Waals surface area contributed by atoms with Crippen LogP contribution in [0.4, 0.5) is 5.69 Å². The second-order valence-corrected chi connectivity index (χ2v) is 6.80. The molecule has 17 heavy (non-hydrogen) atoms. The average molecular weight is 315 g/mol. The summed E-state index contributed by atoms with van der Waals surface area (Å²) in [5.41, 5.74) is 8.49. The number of thioether (sulfide) groups is 1. The monoisotopic (exact) mass is 314 g/mol. The number of aryl methyl sites for hydroxylation is 1. The van der Waals surface area contributed by atoms with Crippen LogP contribution in [0.15, 0.2) is 22.7 Å². The van der Waals surface area contributed by atoms with Gasteiger partial charge < -0.3 is 11.1 Å². The Balaban J connectivity index is 2.17. The number of hydrogen-bond acceptors (Lipinski definition) is 3. The van der Waals surface area contributed by atoms with Gasteiger partial charge in [0, 0.05) is 22.5 Å². The summed E-state index contributed by atoms with van der Waals surface area (Å²) >= 11 is 5.54. The largest absolute Gasteiger partial charge is 0.377 e. The topological polar surface area (TPSA) is 38.0 Å². The molecule has 1 unspecified atom stereocenters. The molecule has 0 spiro atoms. The lowest BCUT2D eigenvalue weighted by atomic mass is 9.95. The van der Waals surface area contributed by atoms with Gasteiger partial charge in [-0.1, -0.05) is 15.9 Å². The van der Waals surface area contributed by atoms with Gasteiger partial charge >= 0.3 is 0 Å². The lowest BCUT2D eigenvalue weighted by molar-refractivity contribution is 0.476. The second-order valence-electron chi connectivity index (χ2n) is 4.78. The summed E-state index contributed by atoms with van der Waals surface area (Å²) in [6, 6.07) is 6.43. The molecule has 2 nitrogen and oxygen atoms in total. The first-order valence-electron chi connectivity index (χ1n) is 5.97. The lowest BCUT2D eigenvalue weighted by Gasteiger charge is -2.37. The summed E-state index contributed by atoms with van der Waals surface area (Å²) in [7, 11) is 0. The van der Waals surface area contributed by atoms with Gasteiger partial charge in [0.15, 0.2) is 0 Å². The van der Waals surface area contributed by atoms with Gasteiger partial charge in [-0.05, 0) is 49.3 Å². The van der Waals surface area contributed by atoms with Crippen LogP contribution in [0.3, 0.4) is 0 Å². The van der Waals surface area contributed by atoms with Crippen LogP contribution in [-0.2, 0) is 0 Å². The highest BCUT2D eigenvalue weighted by atomic mass is 79.9. The molecule has 1 aromatic rings. The quantitative estimate of drug-likeness (QED) is 0.898. The molecule has 1 aliphatic rings. The molecular weight excluding hydrogens is 296 g/mol. The van der Waals surface area contributed by atoms with E-state index >= 15 is 0 Å². The molecule has 1 fully saturated rings. The Bertz CT molecular complexity index is 369. The van der Waals surface area contributed by atoms with E-state index in [4.69, 9.17) is 5.73 Å². The Morgan fingerprint density at radius 2 is 2.29 bits per heavy atom. The molecule has 1 atom stereocenters. The van der Waals surface area contributed by atoms with Crippen LogP contribution < -0.4 is 11.1 Å². The molecule has 0 bridgehead atoms. The predicted molar refractivity (Wildman–Crippen MR) is 80.8 cm³/mol. The third kappa shape index (κ3) is 3.39. The van der Waals surface area contributed by atoms with E-state index in [0.29, 0.717) is 6.54 Å². The van der Waals surface area contributed by atoms with Crippen LogP contribution in [0.1, 0.15) is 18.4 Å². The highest BCUT2D eigenvalue weighted by molar-refractivity contribution is 9.10. The van der Waals surface area contributed by atoms with E-state index < -0.39 is 0 Å². The van der Waals surface area contributed by atoms with E-state index in [9.17, 15) is 0 Å². The molecular formula is C13H19BrN2S. The molecule has 0 saturated carbocycles. The van der Waals surface area contributed by atoms with Crippen molar-refractivity contribution in [1.82, 2.24) is 0 Å². The lowest BCUT2D eigenvalue weighted by Crippen LogP contribution is -2.49. The zero-order chi connectivity index (χ0) is 12.3. The predicted octanol–water partition coefficient (Wildman–Crippen LogP) is 3.39. The van der Waals surface area contributed by atoms with Crippen molar-refractivity contribution < 1.29 is 0 Å². The number of nitrogens with two attached hydrogens (primary N) is 1. The van der Waals surface area contributed by atoms with E-state index in [2.05, 4.69) is 46.4 Å². The van der Waals surface area contributed by atoms with Crippen molar-refractivity contribution in [3.63, 3.8) is 0 Å². The highest BCUT2D eigenvalue weighted by Crippen LogP contribution is 2.30. The summed E-state index contributed by atoms with van der Waals surface area (Å²) in [5, 5.41) is 3.65. The van der Waals surface area contributed by atoms with Crippen molar-refractivity contribution >= 4 is 33.4 Å². The van der Waals surface area contributed by atoms with E-state index in [1.54, 1.807) is 0 Å². The number of anilines is 1. The number of hydrogen-bond donors (Lipinski definition) is 2. The van der Waals surface area contributed by atoms with E-state index in [1.807, 2.05) is 11.8 Å². The van der Waals surface area contributed by atoms with Crippen molar-refractivity contribution in [3.8, 4) is 0 Å². The maximum atomic E-state index is 5.97. The molecule has 3 N–H and O–H groups in total. The smallest absolute Gasteiger partial charge is 0.0586 e. The number of nitrogens with one attached hydrogen (secondary N) is 1. The third-order valence-corrected chi connectivity index (χ3v) is 4.96. The third-order valence-electron chi connectivity index (χ3n) is 3.16. The summed E-state index contributed by atoms with van der Waals surface area (Å²) in [6.07, 6.45) is 2.42. The van der Waals surface area contributed by atoms with Gasteiger partial charge in [0.25, 0.3) is 0 Å². The van der Waals surface area contributed by atoms with E-state index in [-0.39, 0.29) is 5.54 Å². The molecule has 0 radical (unpaired) electrons. The fourth-order valence-electron chi connectivity index (χ4n) is 2.28. The number of rotatable bonds is 3. The van der Waals surface area contributed by atoms with E-state index in [0.717, 1.165) is 10.2 Å². The summed E-state index contributed by atoms with van der Waals surface area (Å²) in [5.74, 6) is 2.37. The summed E-state index contributed by atoms with van der Waals surface area (Å²) in [4.78, 5) is 0. The van der Waals surface area contributed by atoms with Gasteiger partial charge in [-0.25, -0.2) is 0 Å². The number of benzene rings is 1. The maximum Gasteiger partial charge on any atom is 0.0586 e. The molecule has 0 amide bonds. The molecule has 1 heterocycles. The average Bonchev–Trinajstić information content (AvgIpc) is 2.29. The Labute approximate surface area is 116 Å². The zero-order valence-corrected chi connectivity index (χ0v) is 12.5. The molecule has 0 aliphatic carbocycles. The minimum Gasteiger partial charge on any atom is -0.377 e. The molecule has 2 rings (SSSR count). The Kier molecular flexibility index (Phi) is 4.39. The van der Waals surface area contributed by atoms with Gasteiger partial charge in [-0.15, -0.1) is 0 Å². The fourth-order valence-corrected chi connectivity index (χ4v) is 4.10. The Hall–Kier alpha value is -0.190. The minimum atomic E-state index is 0.0795. The molecule has 94 valence electrons. The van der Waals surface area contributed by atoms with Crippen LogP contribution in [0.25, 0.3) is 0 Å². The molecule has 0 aromatic heterocycles. The molecule has 1 aromatic carbocycles. The standard InChI is InChI=1S/C13H19BrN2S/c1-10-5-11(14)7-12(6-10)16-13(8-15)3-2-4-17-9-13/h5-7,16H,2-4,8-9,15H2,1H3. The SMILES string of the molecule is Cc1cc(Br)cc(NC2(CN)CCCSC2)c1. The van der Waals surface area contributed by atoms with E-state index in [1.165, 1.54) is 29.8 Å². The van der Waals surface area contributed by atoms with Crippen molar-refractivity contribution in [1.29, 1.82) is 0 Å². The van der Waals surface area contributed by atoms with Gasteiger partial charge in [0.2, 0.25) is 0 Å². The molecule has 1 aliphatic heterocycles. The molecule has 4 heteroatoms. The van der Waals surface area contributed by atoms with Crippen LogP contribution >= 0.6 is 27.7 Å². The van der Waals surface area contributed by atoms with Gasteiger partial charge in [-0.2, -0.15) is 11.8 Å². The van der Waals surface area contributed by atoms with Crippen LogP contribution in [0.2, 0.25) is 0 Å². The first-order chi connectivity index (χ1) is 8.13. The van der Waals surface area contributed by atoms with Crippen LogP contribution in [0, 0.1) is 6.92 Å². The normalized spacial score (nSPS) is 24.6. The first-order valence-corrected chi connectivity index (χ1v) is 7.91. The van der Waals surface area contributed by atoms with Gasteiger partial charge in [0.1, 0.15) is 0 Å². The van der Waals surface area contributed by atoms with Gasteiger partial charge in [0.05, 0.1) is 5.54 Å². The van der Waals surface area contributed by atoms with Crippen LogP contribution in [-0.4, -0.2) is 23.6 Å². The Morgan fingerprint density at radius 3 is 2.88 bits per heavy atom. The van der Waals surface area contributed by atoms with Crippen LogP contribution in [0.5, 0.6) is 0 Å². The van der Waals surface area contributed by atoms with Crippen molar-refractivity contribution in [3.05, 3.63) is 28.2 Å². The fraction of sp³-hybridized carbons (Fsp3) is 0.538. The highest BCUT2D eigenvalue weighted by Gasteiger charge is 2.30.